The van der Waals surface area contributed by atoms with Gasteiger partial charge in [-0.25, -0.2) is 4.98 Å². The van der Waals surface area contributed by atoms with E-state index in [9.17, 15) is 8.78 Å². The smallest absolute Gasteiger partial charge is 0.320 e. The summed E-state index contributed by atoms with van der Waals surface area (Å²) in [7, 11) is 0. The lowest BCUT2D eigenvalue weighted by molar-refractivity contribution is 0.0714. The Morgan fingerprint density at radius 3 is 2.79 bits per heavy atom. The predicted octanol–water partition coefficient (Wildman–Crippen LogP) is 3.97. The summed E-state index contributed by atoms with van der Waals surface area (Å²) in [6.07, 6.45) is 1.87. The summed E-state index contributed by atoms with van der Waals surface area (Å²) in [6, 6.07) is 12.8. The van der Waals surface area contributed by atoms with Gasteiger partial charge >= 0.3 is 6.55 Å². The van der Waals surface area contributed by atoms with Crippen LogP contribution < -0.4 is 10.6 Å². The molecule has 6 heteroatoms. The van der Waals surface area contributed by atoms with E-state index < -0.39 is 6.55 Å². The van der Waals surface area contributed by atoms with Crippen molar-refractivity contribution >= 4 is 22.4 Å². The molecule has 0 amide bonds. The van der Waals surface area contributed by atoms with Gasteiger partial charge in [-0.3, -0.25) is 4.57 Å². The molecule has 2 N–H and O–H groups in total. The van der Waals surface area contributed by atoms with Gasteiger partial charge < -0.3 is 10.6 Å². The zero-order chi connectivity index (χ0) is 16.7. The first-order valence-electron chi connectivity index (χ1n) is 8.01. The standard InChI is InChI=1S/C18H18F2N4/c19-18(20)24-16-8-2-1-7-14(16)22-17(24)11-23-10-4-5-12-13(21)6-3-9-15(12)23/h1-3,6-9,18H,4-5,10-11,21H2. The van der Waals surface area contributed by atoms with Crippen LogP contribution in [0.3, 0.4) is 0 Å². The fraction of sp³-hybridized carbons (Fsp3) is 0.278. The molecule has 4 nitrogen and oxygen atoms in total. The number of anilines is 2. The highest BCUT2D eigenvalue weighted by atomic mass is 19.3. The van der Waals surface area contributed by atoms with Gasteiger partial charge in [0.05, 0.1) is 17.6 Å². The summed E-state index contributed by atoms with van der Waals surface area (Å²) in [5.74, 6) is 0.376. The SMILES string of the molecule is Nc1cccc2c1CCCN2Cc1nc2ccccc2n1C(F)F. The Kier molecular flexibility index (Phi) is 3.59. The number of rotatable bonds is 3. The number of nitrogens with two attached hydrogens (primary N) is 1. The number of fused-ring (bicyclic) bond motifs is 2. The average Bonchev–Trinajstić information content (AvgIpc) is 2.94. The Morgan fingerprint density at radius 2 is 1.96 bits per heavy atom. The third-order valence-electron chi connectivity index (χ3n) is 4.58. The van der Waals surface area contributed by atoms with Crippen LogP contribution in [0.2, 0.25) is 0 Å². The van der Waals surface area contributed by atoms with Gasteiger partial charge in [-0.1, -0.05) is 18.2 Å². The fourth-order valence-electron chi connectivity index (χ4n) is 3.49. The molecule has 1 aliphatic heterocycles. The molecule has 1 aromatic heterocycles. The van der Waals surface area contributed by atoms with E-state index in [-0.39, 0.29) is 0 Å². The predicted molar refractivity (Wildman–Crippen MR) is 91.2 cm³/mol. The lowest BCUT2D eigenvalue weighted by Crippen LogP contribution is -2.30. The van der Waals surface area contributed by atoms with E-state index >= 15 is 0 Å². The third kappa shape index (κ3) is 2.38. The Hall–Kier alpha value is -2.63. The second kappa shape index (κ2) is 5.78. The molecular weight excluding hydrogens is 310 g/mol. The van der Waals surface area contributed by atoms with Crippen molar-refractivity contribution in [1.82, 2.24) is 9.55 Å². The van der Waals surface area contributed by atoms with E-state index in [0.29, 0.717) is 23.4 Å². The van der Waals surface area contributed by atoms with Crippen molar-refractivity contribution in [2.45, 2.75) is 25.9 Å². The van der Waals surface area contributed by atoms with Crippen LogP contribution in [0, 0.1) is 0 Å². The number of halogens is 2. The Bertz CT molecular complexity index is 888. The summed E-state index contributed by atoms with van der Waals surface area (Å²) in [5, 5.41) is 0. The van der Waals surface area contributed by atoms with Crippen molar-refractivity contribution in [2.24, 2.45) is 0 Å². The second-order valence-corrected chi connectivity index (χ2v) is 6.03. The van der Waals surface area contributed by atoms with Crippen LogP contribution in [0.4, 0.5) is 20.2 Å². The lowest BCUT2D eigenvalue weighted by atomic mass is 10.00. The number of benzene rings is 2. The molecule has 0 atom stereocenters. The number of hydrogen-bond donors (Lipinski definition) is 1. The Labute approximate surface area is 138 Å². The Morgan fingerprint density at radius 1 is 1.12 bits per heavy atom. The van der Waals surface area contributed by atoms with E-state index in [1.807, 2.05) is 24.3 Å². The maximum atomic E-state index is 13.6. The van der Waals surface area contributed by atoms with Crippen LogP contribution >= 0.6 is 0 Å². The highest BCUT2D eigenvalue weighted by Crippen LogP contribution is 2.33. The molecule has 124 valence electrons. The van der Waals surface area contributed by atoms with Crippen LogP contribution in [-0.4, -0.2) is 16.1 Å². The van der Waals surface area contributed by atoms with Gasteiger partial charge in [0.15, 0.2) is 0 Å². The van der Waals surface area contributed by atoms with Crippen molar-refractivity contribution in [2.75, 3.05) is 17.2 Å². The van der Waals surface area contributed by atoms with E-state index in [0.717, 1.165) is 40.9 Å². The maximum Gasteiger partial charge on any atom is 0.320 e. The molecule has 0 bridgehead atoms. The molecule has 0 saturated heterocycles. The van der Waals surface area contributed by atoms with E-state index in [2.05, 4.69) is 9.88 Å². The van der Waals surface area contributed by atoms with Crippen molar-refractivity contribution < 1.29 is 8.78 Å². The number of alkyl halides is 2. The zero-order valence-electron chi connectivity index (χ0n) is 13.1. The molecular formula is C18H18F2N4. The van der Waals surface area contributed by atoms with Crippen LogP contribution in [0.1, 0.15) is 24.4 Å². The maximum absolute atomic E-state index is 13.6. The molecule has 2 aromatic carbocycles. The zero-order valence-corrected chi connectivity index (χ0v) is 13.1. The topological polar surface area (TPSA) is 47.1 Å². The van der Waals surface area contributed by atoms with Gasteiger partial charge in [-0.2, -0.15) is 8.78 Å². The van der Waals surface area contributed by atoms with Crippen LogP contribution in [0.15, 0.2) is 42.5 Å². The monoisotopic (exact) mass is 328 g/mol. The molecule has 1 aliphatic rings. The van der Waals surface area contributed by atoms with Crippen molar-refractivity contribution in [3.63, 3.8) is 0 Å². The van der Waals surface area contributed by atoms with Gasteiger partial charge in [-0.15, -0.1) is 0 Å². The van der Waals surface area contributed by atoms with Crippen LogP contribution in [-0.2, 0) is 13.0 Å². The van der Waals surface area contributed by atoms with Gasteiger partial charge in [0, 0.05) is 17.9 Å². The minimum Gasteiger partial charge on any atom is -0.398 e. The van der Waals surface area contributed by atoms with Crippen molar-refractivity contribution in [1.29, 1.82) is 0 Å². The summed E-state index contributed by atoms with van der Waals surface area (Å²) in [6.45, 7) is -1.46. The number of nitrogens with zero attached hydrogens (tertiary/aromatic N) is 3. The summed E-state index contributed by atoms with van der Waals surface area (Å²) in [5.41, 5.74) is 10.0. The average molecular weight is 328 g/mol. The first-order chi connectivity index (χ1) is 11.6. The number of aromatic nitrogens is 2. The largest absolute Gasteiger partial charge is 0.398 e. The minimum absolute atomic E-state index is 0.343. The number of hydrogen-bond acceptors (Lipinski definition) is 3. The van der Waals surface area contributed by atoms with Gasteiger partial charge in [0.2, 0.25) is 0 Å². The fourth-order valence-corrected chi connectivity index (χ4v) is 3.49. The quantitative estimate of drug-likeness (QED) is 0.740. The van der Waals surface area contributed by atoms with Crippen LogP contribution in [0.25, 0.3) is 11.0 Å². The molecule has 0 fully saturated rings. The Balaban J connectivity index is 1.76. The van der Waals surface area contributed by atoms with E-state index in [1.54, 1.807) is 18.2 Å². The normalized spacial score (nSPS) is 14.4. The van der Waals surface area contributed by atoms with E-state index in [1.165, 1.54) is 0 Å². The number of para-hydroxylation sites is 2. The summed E-state index contributed by atoms with van der Waals surface area (Å²) in [4.78, 5) is 6.53. The minimum atomic E-state index is -2.61. The molecule has 0 saturated carbocycles. The molecule has 0 spiro atoms. The number of imidazole rings is 1. The molecule has 3 aromatic rings. The van der Waals surface area contributed by atoms with Crippen LogP contribution in [0.5, 0.6) is 0 Å². The summed E-state index contributed by atoms with van der Waals surface area (Å²) >= 11 is 0. The first kappa shape index (κ1) is 14.9. The highest BCUT2D eigenvalue weighted by Gasteiger charge is 2.23. The highest BCUT2D eigenvalue weighted by molar-refractivity contribution is 5.76. The second-order valence-electron chi connectivity index (χ2n) is 6.03. The summed E-state index contributed by atoms with van der Waals surface area (Å²) < 4.78 is 28.2. The van der Waals surface area contributed by atoms with Crippen molar-refractivity contribution in [3.8, 4) is 0 Å². The molecule has 2 heterocycles. The molecule has 0 aliphatic carbocycles. The first-order valence-corrected chi connectivity index (χ1v) is 8.01. The van der Waals surface area contributed by atoms with Gasteiger partial charge in [0.25, 0.3) is 0 Å². The number of nitrogen functional groups attached to an aromatic ring is 1. The molecule has 24 heavy (non-hydrogen) atoms. The molecule has 0 radical (unpaired) electrons. The van der Waals surface area contributed by atoms with Gasteiger partial charge in [-0.05, 0) is 42.7 Å². The third-order valence-corrected chi connectivity index (χ3v) is 4.58. The van der Waals surface area contributed by atoms with Crippen molar-refractivity contribution in [3.05, 3.63) is 53.9 Å². The lowest BCUT2D eigenvalue weighted by Gasteiger charge is -2.31. The molecule has 4 rings (SSSR count). The van der Waals surface area contributed by atoms with E-state index in [4.69, 9.17) is 5.73 Å². The van der Waals surface area contributed by atoms with Gasteiger partial charge in [0.1, 0.15) is 5.82 Å². The molecule has 0 unspecified atom stereocenters.